The molecule has 0 saturated carbocycles. The highest BCUT2D eigenvalue weighted by Crippen LogP contribution is 2.41. The van der Waals surface area contributed by atoms with E-state index in [9.17, 15) is 9.59 Å². The van der Waals surface area contributed by atoms with Gasteiger partial charge in [0.05, 0.1) is 16.7 Å². The fourth-order valence-corrected chi connectivity index (χ4v) is 3.30. The standard InChI is InChI=1S/C18H15Cl2NO3/c1-2-24-17(23)18(10-11-7-8-13(19)14(20)9-11)12-5-3-4-6-15(12)21-16(18)22/h3-9H,2,10H2,1H3,(H,21,22)/t18-/m1/s1. The summed E-state index contributed by atoms with van der Waals surface area (Å²) < 4.78 is 5.22. The predicted octanol–water partition coefficient (Wildman–Crippen LogP) is 3.99. The van der Waals surface area contributed by atoms with Crippen molar-refractivity contribution < 1.29 is 14.3 Å². The Kier molecular flexibility index (Phi) is 4.52. The van der Waals surface area contributed by atoms with Crippen LogP contribution in [-0.4, -0.2) is 18.5 Å². The van der Waals surface area contributed by atoms with Gasteiger partial charge in [-0.25, -0.2) is 0 Å². The normalized spacial score (nSPS) is 18.9. The summed E-state index contributed by atoms with van der Waals surface area (Å²) in [5.74, 6) is -0.966. The van der Waals surface area contributed by atoms with Gasteiger partial charge in [-0.1, -0.05) is 47.5 Å². The Labute approximate surface area is 149 Å². The van der Waals surface area contributed by atoms with Crippen molar-refractivity contribution in [3.8, 4) is 0 Å². The van der Waals surface area contributed by atoms with E-state index in [0.717, 1.165) is 5.56 Å². The molecule has 0 unspecified atom stereocenters. The summed E-state index contributed by atoms with van der Waals surface area (Å²) in [6.45, 7) is 1.90. The number of carbonyl (C=O) groups is 2. The molecule has 1 amide bonds. The Morgan fingerprint density at radius 3 is 2.62 bits per heavy atom. The molecule has 1 atom stereocenters. The number of halogens is 2. The van der Waals surface area contributed by atoms with Crippen molar-refractivity contribution >= 4 is 40.8 Å². The smallest absolute Gasteiger partial charge is 0.326 e. The third-order valence-electron chi connectivity index (χ3n) is 4.10. The van der Waals surface area contributed by atoms with Crippen LogP contribution >= 0.6 is 23.2 Å². The molecule has 1 aliphatic rings. The van der Waals surface area contributed by atoms with E-state index >= 15 is 0 Å². The van der Waals surface area contributed by atoms with Crippen molar-refractivity contribution in [3.63, 3.8) is 0 Å². The van der Waals surface area contributed by atoms with Crippen molar-refractivity contribution in [1.82, 2.24) is 0 Å². The third-order valence-corrected chi connectivity index (χ3v) is 4.84. The molecule has 1 heterocycles. The molecule has 2 aromatic carbocycles. The number of nitrogens with one attached hydrogen (secondary N) is 1. The number of hydrogen-bond acceptors (Lipinski definition) is 3. The molecule has 6 heteroatoms. The maximum Gasteiger partial charge on any atom is 0.326 e. The maximum atomic E-state index is 12.8. The maximum absolute atomic E-state index is 12.8. The number of esters is 1. The summed E-state index contributed by atoms with van der Waals surface area (Å²) in [5, 5.41) is 3.57. The SMILES string of the molecule is CCOC(=O)[C@@]1(Cc2ccc(Cl)c(Cl)c2)C(=O)Nc2ccccc21. The zero-order valence-corrected chi connectivity index (χ0v) is 14.4. The summed E-state index contributed by atoms with van der Waals surface area (Å²) in [4.78, 5) is 25.5. The van der Waals surface area contributed by atoms with Gasteiger partial charge in [-0.2, -0.15) is 0 Å². The molecule has 2 aromatic rings. The molecule has 0 spiro atoms. The van der Waals surface area contributed by atoms with Crippen molar-refractivity contribution in [2.45, 2.75) is 18.8 Å². The predicted molar refractivity (Wildman–Crippen MR) is 93.5 cm³/mol. The van der Waals surface area contributed by atoms with Crippen LogP contribution in [0.5, 0.6) is 0 Å². The number of fused-ring (bicyclic) bond motifs is 1. The van der Waals surface area contributed by atoms with Gasteiger partial charge < -0.3 is 10.1 Å². The van der Waals surface area contributed by atoms with Crippen molar-refractivity contribution in [1.29, 1.82) is 0 Å². The summed E-state index contributed by atoms with van der Waals surface area (Å²) in [5.41, 5.74) is 0.531. The van der Waals surface area contributed by atoms with E-state index in [1.54, 1.807) is 49.4 Å². The third kappa shape index (κ3) is 2.66. The first-order chi connectivity index (χ1) is 11.5. The number of benzene rings is 2. The lowest BCUT2D eigenvalue weighted by atomic mass is 9.76. The lowest BCUT2D eigenvalue weighted by molar-refractivity contribution is -0.153. The van der Waals surface area contributed by atoms with Gasteiger partial charge in [-0.05, 0) is 30.7 Å². The molecule has 0 radical (unpaired) electrons. The Hall–Kier alpha value is -2.04. The molecule has 0 aliphatic carbocycles. The summed E-state index contributed by atoms with van der Waals surface area (Å²) in [7, 11) is 0. The van der Waals surface area contributed by atoms with E-state index in [2.05, 4.69) is 5.32 Å². The first-order valence-corrected chi connectivity index (χ1v) is 8.26. The molecule has 124 valence electrons. The average Bonchev–Trinajstić information content (AvgIpc) is 2.84. The summed E-state index contributed by atoms with van der Waals surface area (Å²) >= 11 is 12.0. The fraction of sp³-hybridized carbons (Fsp3) is 0.222. The summed E-state index contributed by atoms with van der Waals surface area (Å²) in [6.07, 6.45) is 0.144. The molecule has 1 N–H and O–H groups in total. The Morgan fingerprint density at radius 1 is 1.17 bits per heavy atom. The molecule has 0 bridgehead atoms. The highest BCUT2D eigenvalue weighted by Gasteiger charge is 2.54. The zero-order chi connectivity index (χ0) is 17.3. The highest BCUT2D eigenvalue weighted by atomic mass is 35.5. The van der Waals surface area contributed by atoms with Crippen LogP contribution in [0.1, 0.15) is 18.1 Å². The molecule has 24 heavy (non-hydrogen) atoms. The molecule has 0 aromatic heterocycles. The van der Waals surface area contributed by atoms with E-state index < -0.39 is 17.3 Å². The lowest BCUT2D eigenvalue weighted by Crippen LogP contribution is -2.45. The quantitative estimate of drug-likeness (QED) is 0.659. The molecular weight excluding hydrogens is 349 g/mol. The van der Waals surface area contributed by atoms with Gasteiger partial charge in [-0.15, -0.1) is 0 Å². The first-order valence-electron chi connectivity index (χ1n) is 7.51. The lowest BCUT2D eigenvalue weighted by Gasteiger charge is -2.25. The van der Waals surface area contributed by atoms with E-state index in [4.69, 9.17) is 27.9 Å². The largest absolute Gasteiger partial charge is 0.465 e. The van der Waals surface area contributed by atoms with Crippen LogP contribution in [0.2, 0.25) is 10.0 Å². The second kappa shape index (κ2) is 6.46. The Morgan fingerprint density at radius 2 is 1.92 bits per heavy atom. The van der Waals surface area contributed by atoms with Crippen molar-refractivity contribution in [3.05, 3.63) is 63.6 Å². The number of ether oxygens (including phenoxy) is 1. The average molecular weight is 364 g/mol. The minimum Gasteiger partial charge on any atom is -0.465 e. The van der Waals surface area contributed by atoms with Crippen LogP contribution in [0, 0.1) is 0 Å². The second-order valence-electron chi connectivity index (χ2n) is 5.55. The number of amides is 1. The van der Waals surface area contributed by atoms with Crippen LogP contribution in [0.15, 0.2) is 42.5 Å². The fourth-order valence-electron chi connectivity index (χ4n) is 2.98. The minimum atomic E-state index is -1.43. The number of anilines is 1. The summed E-state index contributed by atoms with van der Waals surface area (Å²) in [6, 6.07) is 12.2. The molecule has 0 fully saturated rings. The van der Waals surface area contributed by atoms with Gasteiger partial charge in [0, 0.05) is 17.7 Å². The Bertz CT molecular complexity index is 822. The number of hydrogen-bond donors (Lipinski definition) is 1. The van der Waals surface area contributed by atoms with Crippen LogP contribution in [0.25, 0.3) is 0 Å². The molecule has 0 saturated heterocycles. The monoisotopic (exact) mass is 363 g/mol. The van der Waals surface area contributed by atoms with E-state index in [-0.39, 0.29) is 13.0 Å². The van der Waals surface area contributed by atoms with Gasteiger partial charge in [0.15, 0.2) is 5.41 Å². The van der Waals surface area contributed by atoms with Crippen LogP contribution < -0.4 is 5.32 Å². The molecule has 1 aliphatic heterocycles. The number of rotatable bonds is 4. The van der Waals surface area contributed by atoms with Gasteiger partial charge in [0.2, 0.25) is 5.91 Å². The van der Waals surface area contributed by atoms with E-state index in [1.165, 1.54) is 0 Å². The van der Waals surface area contributed by atoms with E-state index in [0.29, 0.717) is 21.3 Å². The first kappa shape index (κ1) is 16.8. The van der Waals surface area contributed by atoms with Gasteiger partial charge in [-0.3, -0.25) is 9.59 Å². The van der Waals surface area contributed by atoms with Crippen molar-refractivity contribution in [2.24, 2.45) is 0 Å². The van der Waals surface area contributed by atoms with Crippen LogP contribution in [0.3, 0.4) is 0 Å². The second-order valence-corrected chi connectivity index (χ2v) is 6.37. The van der Waals surface area contributed by atoms with Gasteiger partial charge in [0.1, 0.15) is 0 Å². The number of carbonyl (C=O) groups excluding carboxylic acids is 2. The molecule has 3 rings (SSSR count). The van der Waals surface area contributed by atoms with Gasteiger partial charge >= 0.3 is 5.97 Å². The van der Waals surface area contributed by atoms with Crippen LogP contribution in [-0.2, 0) is 26.2 Å². The van der Waals surface area contributed by atoms with E-state index in [1.807, 2.05) is 0 Å². The highest BCUT2D eigenvalue weighted by molar-refractivity contribution is 6.42. The molecular formula is C18H15Cl2NO3. The van der Waals surface area contributed by atoms with Crippen LogP contribution in [0.4, 0.5) is 5.69 Å². The minimum absolute atomic E-state index is 0.144. The number of para-hydroxylation sites is 1. The zero-order valence-electron chi connectivity index (χ0n) is 12.9. The topological polar surface area (TPSA) is 55.4 Å². The Balaban J connectivity index is 2.12. The molecule has 4 nitrogen and oxygen atoms in total. The van der Waals surface area contributed by atoms with Crippen molar-refractivity contribution in [2.75, 3.05) is 11.9 Å². The van der Waals surface area contributed by atoms with Gasteiger partial charge in [0.25, 0.3) is 0 Å².